The van der Waals surface area contributed by atoms with Crippen LogP contribution in [0.3, 0.4) is 0 Å². The van der Waals surface area contributed by atoms with Crippen molar-refractivity contribution >= 4 is 11.7 Å². The topological polar surface area (TPSA) is 70.9 Å². The number of carbonyl (C=O) groups excluding carboxylic acids is 1. The Bertz CT molecular complexity index is 588. The van der Waals surface area contributed by atoms with Crippen molar-refractivity contribution in [1.82, 2.24) is 5.32 Å². The molecule has 25 heavy (non-hydrogen) atoms. The van der Waals surface area contributed by atoms with Gasteiger partial charge >= 0.3 is 5.97 Å². The number of rotatable bonds is 5. The number of nitrogens with zero attached hydrogens (tertiary/aromatic N) is 1. The number of nitrogens with one attached hydrogen (secondary N) is 1. The molecule has 0 saturated heterocycles. The number of esters is 1. The minimum atomic E-state index is -0.782. The third kappa shape index (κ3) is 6.91. The Morgan fingerprint density at radius 2 is 2.00 bits per heavy atom. The van der Waals surface area contributed by atoms with Crippen molar-refractivity contribution in [1.29, 1.82) is 0 Å². The van der Waals surface area contributed by atoms with Gasteiger partial charge in [-0.1, -0.05) is 53.4 Å². The molecule has 0 aromatic carbocycles. The van der Waals surface area contributed by atoms with Crippen LogP contribution in [0, 0.1) is 22.7 Å². The molecule has 3 atom stereocenters. The normalized spacial score (nSPS) is 19.8. The van der Waals surface area contributed by atoms with E-state index in [9.17, 15) is 9.90 Å². The van der Waals surface area contributed by atoms with E-state index in [0.717, 1.165) is 6.42 Å². The highest BCUT2D eigenvalue weighted by atomic mass is 16.5. The summed E-state index contributed by atoms with van der Waals surface area (Å²) >= 11 is 0. The highest BCUT2D eigenvalue weighted by Gasteiger charge is 2.31. The van der Waals surface area contributed by atoms with Gasteiger partial charge in [-0.15, -0.1) is 0 Å². The monoisotopic (exact) mass is 348 g/mol. The van der Waals surface area contributed by atoms with E-state index >= 15 is 0 Å². The number of aliphatic hydroxyl groups is 1. The number of hydrogen-bond donors (Lipinski definition) is 2. The molecule has 1 heterocycles. The fourth-order valence-corrected chi connectivity index (χ4v) is 2.96. The van der Waals surface area contributed by atoms with Crippen LogP contribution in [0.1, 0.15) is 61.3 Å². The summed E-state index contributed by atoms with van der Waals surface area (Å²) in [5.74, 6) is 5.31. The van der Waals surface area contributed by atoms with E-state index in [1.54, 1.807) is 6.20 Å². The lowest BCUT2D eigenvalue weighted by atomic mass is 9.73. The molecule has 3 unspecified atom stereocenters. The summed E-state index contributed by atoms with van der Waals surface area (Å²) in [7, 11) is 0. The molecule has 1 rings (SSSR count). The molecule has 2 N–H and O–H groups in total. The van der Waals surface area contributed by atoms with E-state index in [1.165, 1.54) is 6.20 Å². The maximum Gasteiger partial charge on any atom is 0.356 e. The van der Waals surface area contributed by atoms with Crippen LogP contribution in [0.4, 0.5) is 0 Å². The Balaban J connectivity index is 2.76. The molecule has 0 spiro atoms. The van der Waals surface area contributed by atoms with Gasteiger partial charge in [0, 0.05) is 17.8 Å². The van der Waals surface area contributed by atoms with Crippen molar-refractivity contribution in [2.24, 2.45) is 15.8 Å². The van der Waals surface area contributed by atoms with E-state index in [2.05, 4.69) is 42.9 Å². The minimum Gasteiger partial charge on any atom is -0.445 e. The smallest absolute Gasteiger partial charge is 0.356 e. The molecule has 140 valence electrons. The summed E-state index contributed by atoms with van der Waals surface area (Å²) in [5.41, 5.74) is 0.0827. The van der Waals surface area contributed by atoms with Gasteiger partial charge < -0.3 is 15.2 Å². The van der Waals surface area contributed by atoms with Crippen molar-refractivity contribution in [3.63, 3.8) is 0 Å². The summed E-state index contributed by atoms with van der Waals surface area (Å²) in [6.45, 7) is 14.2. The summed E-state index contributed by atoms with van der Waals surface area (Å²) in [6.07, 6.45) is 3.26. The first-order valence-corrected chi connectivity index (χ1v) is 8.85. The summed E-state index contributed by atoms with van der Waals surface area (Å²) < 4.78 is 5.45. The average Bonchev–Trinajstić information content (AvgIpc) is 2.48. The van der Waals surface area contributed by atoms with Crippen LogP contribution in [-0.2, 0) is 9.53 Å². The second-order valence-corrected chi connectivity index (χ2v) is 8.44. The number of aliphatic hydroxyl groups excluding tert-OH is 1. The lowest BCUT2D eigenvalue weighted by Gasteiger charge is -2.34. The van der Waals surface area contributed by atoms with Gasteiger partial charge in [0.1, 0.15) is 11.8 Å². The number of carbonyl (C=O) groups is 1. The van der Waals surface area contributed by atoms with Gasteiger partial charge in [0.25, 0.3) is 0 Å². The van der Waals surface area contributed by atoms with Crippen molar-refractivity contribution < 1.29 is 14.6 Å². The van der Waals surface area contributed by atoms with Gasteiger partial charge in [0.2, 0.25) is 0 Å². The van der Waals surface area contributed by atoms with E-state index < -0.39 is 18.2 Å². The zero-order chi connectivity index (χ0) is 19.3. The molecule has 0 amide bonds. The van der Waals surface area contributed by atoms with Crippen molar-refractivity contribution in [2.45, 2.75) is 79.6 Å². The molecule has 1 aliphatic rings. The standard InChI is InChI=1S/C20H32N2O3/c1-8-15(25-18(24)17-14(2)21-11-12-22-17)9-10-16(23)20(6,7)13-19(3,4)5/h11-12,14-16,21,23H,8,13H2,1-7H3. The predicted octanol–water partition coefficient (Wildman–Crippen LogP) is 3.04. The first-order valence-electron chi connectivity index (χ1n) is 8.85. The molecule has 1 aliphatic heterocycles. The van der Waals surface area contributed by atoms with Gasteiger partial charge in [0.15, 0.2) is 6.10 Å². The second kappa shape index (κ2) is 8.53. The van der Waals surface area contributed by atoms with E-state index in [0.29, 0.717) is 12.1 Å². The molecule has 0 aromatic heterocycles. The van der Waals surface area contributed by atoms with Crippen LogP contribution in [-0.4, -0.2) is 35.0 Å². The molecule has 0 aliphatic carbocycles. The zero-order valence-corrected chi connectivity index (χ0v) is 16.5. The Morgan fingerprint density at radius 3 is 2.52 bits per heavy atom. The molecule has 0 bridgehead atoms. The molecule has 0 saturated carbocycles. The van der Waals surface area contributed by atoms with Crippen LogP contribution in [0.2, 0.25) is 0 Å². The highest BCUT2D eigenvalue weighted by molar-refractivity contribution is 6.38. The first-order chi connectivity index (χ1) is 11.5. The van der Waals surface area contributed by atoms with Crippen LogP contribution in [0.15, 0.2) is 17.4 Å². The van der Waals surface area contributed by atoms with Gasteiger partial charge in [-0.3, -0.25) is 0 Å². The van der Waals surface area contributed by atoms with Crippen LogP contribution < -0.4 is 5.32 Å². The second-order valence-electron chi connectivity index (χ2n) is 8.44. The lowest BCUT2D eigenvalue weighted by molar-refractivity contribution is -0.138. The van der Waals surface area contributed by atoms with E-state index in [4.69, 9.17) is 4.74 Å². The maximum atomic E-state index is 12.2. The van der Waals surface area contributed by atoms with Crippen molar-refractivity contribution in [3.05, 3.63) is 12.4 Å². The molecular weight excluding hydrogens is 316 g/mol. The number of ether oxygens (including phenoxy) is 1. The lowest BCUT2D eigenvalue weighted by Crippen LogP contribution is -2.39. The van der Waals surface area contributed by atoms with Crippen molar-refractivity contribution in [2.75, 3.05) is 0 Å². The SMILES string of the molecule is CCC(C#CC(O)C(C)(C)CC(C)(C)C)OC(=O)C1=NC=CNC1C. The fourth-order valence-electron chi connectivity index (χ4n) is 2.96. The third-order valence-corrected chi connectivity index (χ3v) is 3.98. The van der Waals surface area contributed by atoms with Gasteiger partial charge in [-0.25, -0.2) is 9.79 Å². The van der Waals surface area contributed by atoms with Crippen molar-refractivity contribution in [3.8, 4) is 11.8 Å². The average molecular weight is 348 g/mol. The molecule has 5 nitrogen and oxygen atoms in total. The summed E-state index contributed by atoms with van der Waals surface area (Å²) in [5, 5.41) is 13.5. The number of hydrogen-bond acceptors (Lipinski definition) is 5. The third-order valence-electron chi connectivity index (χ3n) is 3.98. The molecule has 0 fully saturated rings. The molecular formula is C20H32N2O3. The predicted molar refractivity (Wildman–Crippen MR) is 101 cm³/mol. The van der Waals surface area contributed by atoms with Crippen LogP contribution in [0.5, 0.6) is 0 Å². The molecule has 5 heteroatoms. The molecule has 0 radical (unpaired) electrons. The van der Waals surface area contributed by atoms with E-state index in [1.807, 2.05) is 27.7 Å². The minimum absolute atomic E-state index is 0.0958. The van der Waals surface area contributed by atoms with E-state index in [-0.39, 0.29) is 16.9 Å². The van der Waals surface area contributed by atoms with Crippen LogP contribution in [0.25, 0.3) is 0 Å². The van der Waals surface area contributed by atoms with Gasteiger partial charge in [-0.05, 0) is 25.2 Å². The maximum absolute atomic E-state index is 12.2. The summed E-state index contributed by atoms with van der Waals surface area (Å²) in [4.78, 5) is 16.3. The Morgan fingerprint density at radius 1 is 1.36 bits per heavy atom. The van der Waals surface area contributed by atoms with Gasteiger partial charge in [0.05, 0.1) is 6.04 Å². The first kappa shape index (κ1) is 21.2. The zero-order valence-electron chi connectivity index (χ0n) is 16.5. The number of aliphatic imine (C=N–C) groups is 1. The Kier molecular flexibility index (Phi) is 7.25. The highest BCUT2D eigenvalue weighted by Crippen LogP contribution is 2.35. The Labute approximate surface area is 151 Å². The Hall–Kier alpha value is -1.80. The molecule has 0 aromatic rings. The van der Waals surface area contributed by atoms with Crippen LogP contribution >= 0.6 is 0 Å². The summed E-state index contributed by atoms with van der Waals surface area (Å²) in [6, 6.07) is -0.195. The fraction of sp³-hybridized carbons (Fsp3) is 0.700. The largest absolute Gasteiger partial charge is 0.445 e. The van der Waals surface area contributed by atoms with Gasteiger partial charge in [-0.2, -0.15) is 0 Å². The quantitative estimate of drug-likeness (QED) is 0.592.